The number of hydrogen-bond acceptors (Lipinski definition) is 5. The van der Waals surface area contributed by atoms with Crippen LogP contribution in [0, 0.1) is 5.92 Å². The maximum atomic E-state index is 5.52. The number of ether oxygens (including phenoxy) is 1. The molecule has 1 aromatic rings. The first-order valence-corrected chi connectivity index (χ1v) is 12.3. The Morgan fingerprint density at radius 3 is 2.83 bits per heavy atom. The Hall–Kier alpha value is -0.420. The van der Waals surface area contributed by atoms with Crippen molar-refractivity contribution in [3.63, 3.8) is 0 Å². The molecule has 0 radical (unpaired) electrons. The lowest BCUT2D eigenvalue weighted by Crippen LogP contribution is -2.47. The summed E-state index contributed by atoms with van der Waals surface area (Å²) in [4.78, 5) is 14.3. The van der Waals surface area contributed by atoms with Crippen molar-refractivity contribution < 1.29 is 4.74 Å². The number of piperidine rings is 1. The average molecular weight is 548 g/mol. The lowest BCUT2D eigenvalue weighted by atomic mass is 9.98. The SMILES string of the molecule is CCNC(=NCC1CCCN(Cc2cccs2)C1)N1CCC(N2CCOCC2)C1.I. The summed E-state index contributed by atoms with van der Waals surface area (Å²) in [7, 11) is 0. The predicted octanol–water partition coefficient (Wildman–Crippen LogP) is 2.95. The smallest absolute Gasteiger partial charge is 0.193 e. The lowest BCUT2D eigenvalue weighted by molar-refractivity contribution is 0.0195. The second-order valence-corrected chi connectivity index (χ2v) is 9.59. The van der Waals surface area contributed by atoms with E-state index in [0.29, 0.717) is 12.0 Å². The summed E-state index contributed by atoms with van der Waals surface area (Å²) in [6, 6.07) is 5.07. The van der Waals surface area contributed by atoms with Crippen molar-refractivity contribution >= 4 is 41.3 Å². The third-order valence-electron chi connectivity index (χ3n) is 6.42. The number of likely N-dealkylation sites (tertiary alicyclic amines) is 2. The van der Waals surface area contributed by atoms with E-state index in [4.69, 9.17) is 9.73 Å². The molecule has 0 amide bonds. The molecule has 6 nitrogen and oxygen atoms in total. The van der Waals surface area contributed by atoms with Gasteiger partial charge in [-0.2, -0.15) is 0 Å². The fourth-order valence-corrected chi connectivity index (χ4v) is 5.63. The van der Waals surface area contributed by atoms with Gasteiger partial charge in [-0.1, -0.05) is 6.07 Å². The molecule has 3 aliphatic rings. The monoisotopic (exact) mass is 547 g/mol. The Kier molecular flexibility index (Phi) is 10.2. The van der Waals surface area contributed by atoms with Crippen LogP contribution in [0.4, 0.5) is 0 Å². The maximum absolute atomic E-state index is 5.52. The van der Waals surface area contributed by atoms with Crippen molar-refractivity contribution in [3.05, 3.63) is 22.4 Å². The first kappa shape index (κ1) is 24.2. The van der Waals surface area contributed by atoms with Gasteiger partial charge < -0.3 is 15.0 Å². The zero-order valence-electron chi connectivity index (χ0n) is 18.3. The van der Waals surface area contributed by atoms with Crippen molar-refractivity contribution in [3.8, 4) is 0 Å². The quantitative estimate of drug-likeness (QED) is 0.337. The molecular formula is C22H38IN5OS. The number of guanidine groups is 1. The number of nitrogens with zero attached hydrogens (tertiary/aromatic N) is 4. The molecule has 3 saturated heterocycles. The summed E-state index contributed by atoms with van der Waals surface area (Å²) in [5.74, 6) is 1.80. The minimum atomic E-state index is 0. The highest BCUT2D eigenvalue weighted by atomic mass is 127. The van der Waals surface area contributed by atoms with Gasteiger partial charge in [-0.25, -0.2) is 0 Å². The predicted molar refractivity (Wildman–Crippen MR) is 136 cm³/mol. The highest BCUT2D eigenvalue weighted by molar-refractivity contribution is 14.0. The number of halogens is 1. The molecule has 0 spiro atoms. The maximum Gasteiger partial charge on any atom is 0.193 e. The van der Waals surface area contributed by atoms with Crippen molar-refractivity contribution in [2.24, 2.45) is 10.9 Å². The number of rotatable bonds is 6. The van der Waals surface area contributed by atoms with E-state index in [1.54, 1.807) is 0 Å². The summed E-state index contributed by atoms with van der Waals surface area (Å²) >= 11 is 1.87. The van der Waals surface area contributed by atoms with Gasteiger partial charge in [0.05, 0.1) is 13.2 Å². The second-order valence-electron chi connectivity index (χ2n) is 8.55. The highest BCUT2D eigenvalue weighted by Gasteiger charge is 2.30. The van der Waals surface area contributed by atoms with E-state index >= 15 is 0 Å². The molecular weight excluding hydrogens is 509 g/mol. The van der Waals surface area contributed by atoms with Crippen LogP contribution in [0.25, 0.3) is 0 Å². The Morgan fingerprint density at radius 2 is 2.07 bits per heavy atom. The van der Waals surface area contributed by atoms with Crippen LogP contribution in [0.3, 0.4) is 0 Å². The third-order valence-corrected chi connectivity index (χ3v) is 7.28. The Morgan fingerprint density at radius 1 is 1.20 bits per heavy atom. The summed E-state index contributed by atoms with van der Waals surface area (Å²) in [6.07, 6.45) is 3.84. The Bertz CT molecular complexity index is 637. The second kappa shape index (κ2) is 12.6. The van der Waals surface area contributed by atoms with Crippen molar-refractivity contribution in [2.75, 3.05) is 65.6 Å². The minimum absolute atomic E-state index is 0. The molecule has 0 aromatic carbocycles. The van der Waals surface area contributed by atoms with Gasteiger partial charge in [0, 0.05) is 63.3 Å². The number of aliphatic imine (C=N–C) groups is 1. The van der Waals surface area contributed by atoms with E-state index in [1.807, 2.05) is 11.3 Å². The van der Waals surface area contributed by atoms with Crippen molar-refractivity contribution in [1.29, 1.82) is 0 Å². The fourth-order valence-electron chi connectivity index (χ4n) is 4.88. The van der Waals surface area contributed by atoms with Crippen molar-refractivity contribution in [1.82, 2.24) is 20.0 Å². The molecule has 1 aromatic heterocycles. The topological polar surface area (TPSA) is 43.3 Å². The van der Waals surface area contributed by atoms with Crippen LogP contribution in [0.5, 0.6) is 0 Å². The number of nitrogens with one attached hydrogen (secondary N) is 1. The molecule has 2 atom stereocenters. The zero-order chi connectivity index (χ0) is 19.9. The van der Waals surface area contributed by atoms with Gasteiger partial charge in [-0.3, -0.25) is 14.8 Å². The van der Waals surface area contributed by atoms with Crippen LogP contribution in [0.15, 0.2) is 22.5 Å². The van der Waals surface area contributed by atoms with Gasteiger partial charge in [0.25, 0.3) is 0 Å². The molecule has 0 saturated carbocycles. The lowest BCUT2D eigenvalue weighted by Gasteiger charge is -2.33. The molecule has 8 heteroatoms. The van der Waals surface area contributed by atoms with E-state index in [0.717, 1.165) is 65.0 Å². The summed E-state index contributed by atoms with van der Waals surface area (Å²) < 4.78 is 5.52. The molecule has 0 aliphatic carbocycles. The van der Waals surface area contributed by atoms with E-state index in [2.05, 4.69) is 44.5 Å². The van der Waals surface area contributed by atoms with Gasteiger partial charge in [-0.05, 0) is 50.1 Å². The van der Waals surface area contributed by atoms with Crippen LogP contribution in [0.2, 0.25) is 0 Å². The summed E-state index contributed by atoms with van der Waals surface area (Å²) in [5, 5.41) is 5.74. The normalized spacial score (nSPS) is 26.6. The van der Waals surface area contributed by atoms with Gasteiger partial charge in [-0.15, -0.1) is 35.3 Å². The first-order chi connectivity index (χ1) is 14.3. The number of thiophene rings is 1. The third kappa shape index (κ3) is 6.79. The van der Waals surface area contributed by atoms with Crippen LogP contribution < -0.4 is 5.32 Å². The molecule has 1 N–H and O–H groups in total. The molecule has 2 unspecified atom stereocenters. The van der Waals surface area contributed by atoms with E-state index < -0.39 is 0 Å². The van der Waals surface area contributed by atoms with Crippen molar-refractivity contribution in [2.45, 2.75) is 38.8 Å². The van der Waals surface area contributed by atoms with Crippen LogP contribution in [0.1, 0.15) is 31.1 Å². The zero-order valence-corrected chi connectivity index (χ0v) is 21.4. The first-order valence-electron chi connectivity index (χ1n) is 11.4. The average Bonchev–Trinajstić information content (AvgIpc) is 3.44. The Balaban J connectivity index is 0.00000256. The molecule has 3 fully saturated rings. The van der Waals surface area contributed by atoms with Gasteiger partial charge in [0.2, 0.25) is 0 Å². The van der Waals surface area contributed by atoms with Crippen LogP contribution in [-0.4, -0.2) is 92.3 Å². The molecule has 170 valence electrons. The number of morpholine rings is 1. The molecule has 0 bridgehead atoms. The van der Waals surface area contributed by atoms with E-state index in [1.165, 1.54) is 37.2 Å². The molecule has 3 aliphatic heterocycles. The summed E-state index contributed by atoms with van der Waals surface area (Å²) in [5.41, 5.74) is 0. The van der Waals surface area contributed by atoms with Gasteiger partial charge in [0.1, 0.15) is 0 Å². The highest BCUT2D eigenvalue weighted by Crippen LogP contribution is 2.21. The molecule has 4 heterocycles. The Labute approximate surface area is 203 Å². The van der Waals surface area contributed by atoms with Crippen LogP contribution >= 0.6 is 35.3 Å². The van der Waals surface area contributed by atoms with Gasteiger partial charge in [0.15, 0.2) is 5.96 Å². The van der Waals surface area contributed by atoms with E-state index in [-0.39, 0.29) is 24.0 Å². The van der Waals surface area contributed by atoms with E-state index in [9.17, 15) is 0 Å². The largest absolute Gasteiger partial charge is 0.379 e. The van der Waals surface area contributed by atoms with Crippen LogP contribution in [-0.2, 0) is 11.3 Å². The summed E-state index contributed by atoms with van der Waals surface area (Å²) in [6.45, 7) is 13.7. The number of hydrogen-bond donors (Lipinski definition) is 1. The standard InChI is InChI=1S/C22H37N5OS.HI/c1-2-23-22(27-9-7-20(17-27)26-10-12-28-13-11-26)24-15-19-5-3-8-25(16-19)18-21-6-4-14-29-21;/h4,6,14,19-20H,2-3,5,7-13,15-18H2,1H3,(H,23,24);1H. The van der Waals surface area contributed by atoms with Gasteiger partial charge >= 0.3 is 0 Å². The minimum Gasteiger partial charge on any atom is -0.379 e. The molecule has 4 rings (SSSR count). The molecule has 30 heavy (non-hydrogen) atoms. The fraction of sp³-hybridized carbons (Fsp3) is 0.773.